The van der Waals surface area contributed by atoms with E-state index < -0.39 is 11.9 Å². The van der Waals surface area contributed by atoms with Crippen molar-refractivity contribution >= 4 is 34.8 Å². The first-order valence-electron chi connectivity index (χ1n) is 20.0. The molecule has 0 saturated carbocycles. The van der Waals surface area contributed by atoms with Crippen LogP contribution in [0.25, 0.3) is 11.1 Å². The molecule has 0 aromatic heterocycles. The van der Waals surface area contributed by atoms with Crippen LogP contribution in [0.4, 0.5) is 11.4 Å². The first kappa shape index (κ1) is 41.1. The number of nitrogen functional groups attached to an aromatic ring is 1. The Balaban J connectivity index is 0.974. The van der Waals surface area contributed by atoms with Crippen molar-refractivity contribution in [2.24, 2.45) is 0 Å². The van der Waals surface area contributed by atoms with E-state index in [4.69, 9.17) is 26.8 Å². The molecule has 0 spiro atoms. The molecule has 0 bridgehead atoms. The summed E-state index contributed by atoms with van der Waals surface area (Å²) in [5.41, 5.74) is 12.7. The van der Waals surface area contributed by atoms with Crippen molar-refractivity contribution in [3.8, 4) is 11.1 Å². The number of hydrogen-bond acceptors (Lipinski definition) is 8. The molecule has 2 heterocycles. The van der Waals surface area contributed by atoms with Gasteiger partial charge >= 0.3 is 0 Å². The molecule has 302 valence electrons. The molecular formula is C47H51ClN4O6. The van der Waals surface area contributed by atoms with E-state index in [1.165, 1.54) is 0 Å². The number of hydrogen-bond donors (Lipinski definition) is 5. The molecule has 11 heteroatoms. The predicted octanol–water partition coefficient (Wildman–Crippen LogP) is 8.04. The number of anilines is 2. The van der Waals surface area contributed by atoms with E-state index in [-0.39, 0.29) is 43.5 Å². The predicted molar refractivity (Wildman–Crippen MR) is 227 cm³/mol. The number of halogens is 1. The molecule has 5 aromatic carbocycles. The number of benzene rings is 5. The van der Waals surface area contributed by atoms with Gasteiger partial charge in [0.25, 0.3) is 0 Å². The second-order valence-electron chi connectivity index (χ2n) is 15.2. The fraction of sp³-hybridized carbons (Fsp3) is 0.319. The molecule has 2 fully saturated rings. The minimum atomic E-state index is -0.887. The lowest BCUT2D eigenvalue weighted by Crippen LogP contribution is -2.46. The van der Waals surface area contributed by atoms with Gasteiger partial charge in [-0.3, -0.25) is 9.59 Å². The average Bonchev–Trinajstić information content (AvgIpc) is 3.25. The van der Waals surface area contributed by atoms with Crippen LogP contribution in [-0.4, -0.2) is 52.7 Å². The minimum absolute atomic E-state index is 0.0223. The second kappa shape index (κ2) is 19.1. The summed E-state index contributed by atoms with van der Waals surface area (Å²) in [6.45, 7) is 2.50. The molecule has 2 amide bonds. The van der Waals surface area contributed by atoms with Gasteiger partial charge < -0.3 is 41.0 Å². The molecule has 2 aliphatic heterocycles. The second-order valence-corrected chi connectivity index (χ2v) is 15.7. The Bertz CT molecular complexity index is 2140. The van der Waals surface area contributed by atoms with Crippen molar-refractivity contribution in [2.45, 2.75) is 75.8 Å². The molecule has 7 rings (SSSR count). The van der Waals surface area contributed by atoms with Gasteiger partial charge in [0.1, 0.15) is 0 Å². The highest BCUT2D eigenvalue weighted by Gasteiger charge is 2.37. The third kappa shape index (κ3) is 10.5. The first-order chi connectivity index (χ1) is 28.2. The lowest BCUT2D eigenvalue weighted by atomic mass is 9.84. The number of nitrogens with zero attached hydrogens (tertiary/aromatic N) is 1. The van der Waals surface area contributed by atoms with Crippen LogP contribution in [0.3, 0.4) is 0 Å². The number of carbonyl (C=O) groups is 2. The van der Waals surface area contributed by atoms with Gasteiger partial charge in [-0.15, -0.1) is 0 Å². The molecule has 5 aromatic rings. The van der Waals surface area contributed by atoms with E-state index in [1.807, 2.05) is 84.9 Å². The highest BCUT2D eigenvalue weighted by molar-refractivity contribution is 6.30. The minimum Gasteiger partial charge on any atom is -0.397 e. The molecule has 0 unspecified atom stereocenters. The number of rotatable bonds is 14. The fourth-order valence-electron chi connectivity index (χ4n) is 7.77. The fourth-order valence-corrected chi connectivity index (χ4v) is 7.89. The van der Waals surface area contributed by atoms with E-state index in [0.29, 0.717) is 55.2 Å². The third-order valence-corrected chi connectivity index (χ3v) is 11.4. The third-order valence-electron chi connectivity index (χ3n) is 11.2. The molecule has 3 atom stereocenters. The highest BCUT2D eigenvalue weighted by atomic mass is 35.5. The maximum atomic E-state index is 12.8. The van der Waals surface area contributed by atoms with E-state index >= 15 is 0 Å². The summed E-state index contributed by atoms with van der Waals surface area (Å²) in [6, 6.07) is 38.6. The largest absolute Gasteiger partial charge is 0.397 e. The highest BCUT2D eigenvalue weighted by Crippen LogP contribution is 2.40. The number of para-hydroxylation sites is 2. The Morgan fingerprint density at radius 3 is 2.21 bits per heavy atom. The number of likely N-dealkylation sites (tertiary alicyclic amines) is 1. The van der Waals surface area contributed by atoms with Gasteiger partial charge in [-0.2, -0.15) is 0 Å². The zero-order valence-electron chi connectivity index (χ0n) is 32.5. The molecule has 0 radical (unpaired) electrons. The Kier molecular flexibility index (Phi) is 13.6. The van der Waals surface area contributed by atoms with E-state index in [0.717, 1.165) is 52.0 Å². The summed E-state index contributed by atoms with van der Waals surface area (Å²) >= 11 is 6.11. The number of nitrogens with two attached hydrogens (primary N) is 1. The van der Waals surface area contributed by atoms with Crippen LogP contribution in [0.2, 0.25) is 5.02 Å². The molecule has 2 aliphatic rings. The number of nitrogens with one attached hydrogen (secondary N) is 2. The number of carbonyl (C=O) groups excluding carboxylic acids is 2. The van der Waals surface area contributed by atoms with Crippen molar-refractivity contribution in [2.75, 3.05) is 30.7 Å². The van der Waals surface area contributed by atoms with Gasteiger partial charge in [0.05, 0.1) is 35.8 Å². The Morgan fingerprint density at radius 2 is 1.48 bits per heavy atom. The van der Waals surface area contributed by atoms with Crippen LogP contribution in [0, 0.1) is 0 Å². The van der Waals surface area contributed by atoms with Gasteiger partial charge in [0, 0.05) is 56.0 Å². The number of amides is 2. The van der Waals surface area contributed by atoms with Crippen LogP contribution >= 0.6 is 11.6 Å². The van der Waals surface area contributed by atoms with Gasteiger partial charge in [0.15, 0.2) is 6.29 Å². The summed E-state index contributed by atoms with van der Waals surface area (Å²) in [5.74, 6) is -0.307. The maximum Gasteiger partial charge on any atom is 0.224 e. The Hall–Kier alpha value is -5.07. The van der Waals surface area contributed by atoms with Gasteiger partial charge in [-0.05, 0) is 76.9 Å². The molecular weight excluding hydrogens is 752 g/mol. The Labute approximate surface area is 344 Å². The van der Waals surface area contributed by atoms with Gasteiger partial charge in [0.2, 0.25) is 11.8 Å². The summed E-state index contributed by atoms with van der Waals surface area (Å²) in [6.07, 6.45) is 1.82. The van der Waals surface area contributed by atoms with Gasteiger partial charge in [-0.1, -0.05) is 109 Å². The van der Waals surface area contributed by atoms with Crippen LogP contribution in [0.15, 0.2) is 121 Å². The summed E-state index contributed by atoms with van der Waals surface area (Å²) in [5, 5.41) is 27.6. The zero-order chi connectivity index (χ0) is 40.5. The SMILES string of the molecule is Nc1ccccc1NC(=O)CCCC(=O)NCc1ccccc1-c1ccc([C@H]2O[C@@H](CN3CCC(O)(c4ccc(Cl)cc4)CC3)C[C@@H](c3ccc(CO)cc3)O2)cc1. The number of piperidine rings is 1. The molecule has 10 nitrogen and oxygen atoms in total. The van der Waals surface area contributed by atoms with Crippen LogP contribution in [0.5, 0.6) is 0 Å². The van der Waals surface area contributed by atoms with Crippen LogP contribution in [-0.2, 0) is 37.8 Å². The molecule has 0 aliphatic carbocycles. The summed E-state index contributed by atoms with van der Waals surface area (Å²) in [7, 11) is 0. The zero-order valence-corrected chi connectivity index (χ0v) is 33.2. The number of ether oxygens (including phenoxy) is 2. The lowest BCUT2D eigenvalue weighted by molar-refractivity contribution is -0.253. The number of aliphatic hydroxyl groups excluding tert-OH is 1. The smallest absolute Gasteiger partial charge is 0.224 e. The molecule has 58 heavy (non-hydrogen) atoms. The molecule has 2 saturated heterocycles. The van der Waals surface area contributed by atoms with Crippen LogP contribution < -0.4 is 16.4 Å². The van der Waals surface area contributed by atoms with Gasteiger partial charge in [-0.25, -0.2) is 0 Å². The monoisotopic (exact) mass is 802 g/mol. The quantitative estimate of drug-likeness (QED) is 0.0710. The van der Waals surface area contributed by atoms with Crippen molar-refractivity contribution in [1.29, 1.82) is 0 Å². The van der Waals surface area contributed by atoms with Crippen LogP contribution in [0.1, 0.15) is 78.7 Å². The first-order valence-corrected chi connectivity index (χ1v) is 20.3. The van der Waals surface area contributed by atoms with Crippen molar-refractivity contribution in [1.82, 2.24) is 10.2 Å². The van der Waals surface area contributed by atoms with E-state index in [1.54, 1.807) is 24.3 Å². The average molecular weight is 803 g/mol. The number of aliphatic hydroxyl groups is 2. The standard InChI is InChI=1S/C47H51ClN4O6/c48-38-22-20-37(21-23-38)47(56)24-26-52(27-25-47)30-39-28-43(34-14-12-32(31-53)13-15-34)58-46(57-39)35-18-16-33(17-19-35)40-7-2-1-6-36(40)29-50-44(54)10-5-11-45(55)51-42-9-4-3-8-41(42)49/h1-4,6-9,12-23,39,43,46,53,56H,5,10-11,24-31,49H2,(H,50,54)(H,51,55)/t39-,43+,46+/m1/s1. The maximum absolute atomic E-state index is 12.8. The van der Waals surface area contributed by atoms with Crippen molar-refractivity contribution in [3.05, 3.63) is 154 Å². The van der Waals surface area contributed by atoms with Crippen molar-refractivity contribution < 1.29 is 29.3 Å². The lowest BCUT2D eigenvalue weighted by Gasteiger charge is -2.42. The molecule has 6 N–H and O–H groups in total. The Morgan fingerprint density at radius 1 is 0.810 bits per heavy atom. The van der Waals surface area contributed by atoms with E-state index in [9.17, 15) is 19.8 Å². The topological polar surface area (TPSA) is 146 Å². The summed E-state index contributed by atoms with van der Waals surface area (Å²) in [4.78, 5) is 27.5. The summed E-state index contributed by atoms with van der Waals surface area (Å²) < 4.78 is 13.3. The van der Waals surface area contributed by atoms with E-state index in [2.05, 4.69) is 27.7 Å². The van der Waals surface area contributed by atoms with Crippen molar-refractivity contribution in [3.63, 3.8) is 0 Å². The normalized spacial score (nSPS) is 19.3.